The number of rotatable bonds is 4. The van der Waals surface area contributed by atoms with Crippen LogP contribution in [0.4, 0.5) is 0 Å². The van der Waals surface area contributed by atoms with Gasteiger partial charge in [-0.3, -0.25) is 0 Å². The normalized spacial score (nSPS) is 19.9. The maximum Gasteiger partial charge on any atom is 0.563 e. The summed E-state index contributed by atoms with van der Waals surface area (Å²) < 4.78 is 32.6. The van der Waals surface area contributed by atoms with Crippen molar-refractivity contribution in [3.05, 3.63) is 73.0 Å². The molecule has 0 amide bonds. The van der Waals surface area contributed by atoms with E-state index >= 15 is 0 Å². The molecule has 0 saturated carbocycles. The molecule has 0 aliphatic carbocycles. The molecule has 2 fully saturated rings. The van der Waals surface area contributed by atoms with Gasteiger partial charge in [0.15, 0.2) is 0 Å². The number of hydrogen-bond acceptors (Lipinski definition) is 5. The van der Waals surface area contributed by atoms with E-state index in [9.17, 15) is 0 Å². The molecule has 8 heteroatoms. The molecule has 0 N–H and O–H groups in total. The zero-order valence-electron chi connectivity index (χ0n) is 23.1. The third-order valence-electron chi connectivity index (χ3n) is 8.26. The summed E-state index contributed by atoms with van der Waals surface area (Å²) in [7, 11) is 0.724. The van der Waals surface area contributed by atoms with Crippen molar-refractivity contribution in [3.8, 4) is 11.4 Å². The molecule has 0 radical (unpaired) electrons. The third-order valence-corrected chi connectivity index (χ3v) is 8.26. The Hall–Kier alpha value is -3.19. The molecular weight excluding hydrogens is 476 g/mol. The fraction of sp³-hybridized carbons (Fsp3) is 0.333. The van der Waals surface area contributed by atoms with Gasteiger partial charge >= 0.3 is 14.2 Å². The molecule has 0 bridgehead atoms. The fourth-order valence-corrected chi connectivity index (χ4v) is 5.10. The van der Waals surface area contributed by atoms with Gasteiger partial charge < -0.3 is 27.9 Å². The van der Waals surface area contributed by atoms with Gasteiger partial charge in [0.25, 0.3) is 0 Å². The molecular formula is C30H33B2NO5. The first kappa shape index (κ1) is 25.1. The van der Waals surface area contributed by atoms with Crippen LogP contribution in [-0.4, -0.2) is 42.7 Å². The highest BCUT2D eigenvalue weighted by atomic mass is 16.7. The number of aromatic nitrogens is 1. The second-order valence-electron chi connectivity index (χ2n) is 11.7. The summed E-state index contributed by atoms with van der Waals surface area (Å²) in [6.07, 6.45) is 0. The van der Waals surface area contributed by atoms with Gasteiger partial charge in [0.1, 0.15) is 11.4 Å². The van der Waals surface area contributed by atoms with E-state index in [2.05, 4.69) is 87.4 Å². The minimum atomic E-state index is -0.541. The number of methoxy groups -OCH3 is 1. The van der Waals surface area contributed by atoms with Crippen molar-refractivity contribution < 1.29 is 23.4 Å². The van der Waals surface area contributed by atoms with Gasteiger partial charge in [-0.15, -0.1) is 0 Å². The van der Waals surface area contributed by atoms with E-state index in [1.165, 1.54) is 0 Å². The summed E-state index contributed by atoms with van der Waals surface area (Å²) in [5.74, 6) is 1.45. The van der Waals surface area contributed by atoms with Crippen molar-refractivity contribution in [3.63, 3.8) is 0 Å². The molecule has 2 aliphatic rings. The lowest BCUT2D eigenvalue weighted by Crippen LogP contribution is -2.41. The summed E-state index contributed by atoms with van der Waals surface area (Å²) in [5.41, 5.74) is 3.77. The number of nitrogens with zero attached hydrogens (tertiary/aromatic N) is 1. The number of fused-ring (bicyclic) bond motifs is 3. The molecule has 1 aromatic heterocycles. The fourth-order valence-electron chi connectivity index (χ4n) is 5.10. The Bertz CT molecular complexity index is 1560. The molecule has 38 heavy (non-hydrogen) atoms. The minimum Gasteiger partial charge on any atom is -0.534 e. The zero-order valence-corrected chi connectivity index (χ0v) is 23.1. The van der Waals surface area contributed by atoms with Gasteiger partial charge in [0, 0.05) is 16.5 Å². The molecule has 3 aromatic carbocycles. The average Bonchev–Trinajstić information content (AvgIpc) is 3.43. The van der Waals surface area contributed by atoms with Crippen LogP contribution in [0.1, 0.15) is 41.5 Å². The predicted molar refractivity (Wildman–Crippen MR) is 154 cm³/mol. The predicted octanol–water partition coefficient (Wildman–Crippen LogP) is 5.13. The van der Waals surface area contributed by atoms with Crippen LogP contribution in [0.2, 0.25) is 0 Å². The molecule has 6 rings (SSSR count). The van der Waals surface area contributed by atoms with E-state index in [1.807, 2.05) is 26.0 Å². The smallest absolute Gasteiger partial charge is 0.534 e. The first-order valence-corrected chi connectivity index (χ1v) is 13.0. The first-order chi connectivity index (χ1) is 17.9. The van der Waals surface area contributed by atoms with Crippen molar-refractivity contribution >= 4 is 47.0 Å². The maximum absolute atomic E-state index is 6.38. The summed E-state index contributed by atoms with van der Waals surface area (Å²) in [4.78, 5) is 0. The van der Waals surface area contributed by atoms with E-state index in [-0.39, 0.29) is 0 Å². The summed E-state index contributed by atoms with van der Waals surface area (Å²) in [6, 6.07) is 20.9. The lowest BCUT2D eigenvalue weighted by molar-refractivity contribution is 0.00578. The van der Waals surface area contributed by atoms with Gasteiger partial charge in [0.05, 0.1) is 35.1 Å². The van der Waals surface area contributed by atoms with Crippen LogP contribution in [0.5, 0.6) is 5.75 Å². The quantitative estimate of drug-likeness (QED) is 0.358. The lowest BCUT2D eigenvalue weighted by Gasteiger charge is -2.32. The molecule has 194 valence electrons. The highest BCUT2D eigenvalue weighted by Gasteiger charge is 2.51. The second-order valence-corrected chi connectivity index (χ2v) is 11.7. The Morgan fingerprint density at radius 1 is 0.711 bits per heavy atom. The zero-order chi connectivity index (χ0) is 27.0. The molecule has 0 atom stereocenters. The van der Waals surface area contributed by atoms with Crippen molar-refractivity contribution in [1.82, 2.24) is 4.57 Å². The largest absolute Gasteiger partial charge is 0.563 e. The lowest BCUT2D eigenvalue weighted by atomic mass is 9.77. The van der Waals surface area contributed by atoms with Gasteiger partial charge in [-0.1, -0.05) is 30.8 Å². The van der Waals surface area contributed by atoms with Crippen molar-refractivity contribution in [2.75, 3.05) is 7.11 Å². The molecule has 2 saturated heterocycles. The van der Waals surface area contributed by atoms with E-state index < -0.39 is 31.0 Å². The Balaban J connectivity index is 1.53. The minimum absolute atomic E-state index is 0.413. The molecule has 0 unspecified atom stereocenters. The molecule has 3 heterocycles. The molecule has 0 spiro atoms. The van der Waals surface area contributed by atoms with E-state index in [1.54, 1.807) is 7.11 Å². The Morgan fingerprint density at radius 3 is 1.71 bits per heavy atom. The summed E-state index contributed by atoms with van der Waals surface area (Å²) >= 11 is 0. The van der Waals surface area contributed by atoms with E-state index in [0.29, 0.717) is 5.76 Å². The van der Waals surface area contributed by atoms with E-state index in [4.69, 9.17) is 23.4 Å². The standard InChI is InChI=1S/C30H33B2NO5/c1-19-28(2,3)36-31(35-19)20-9-15-26-24(17-20)25-18-21(32-37-29(4,5)30(6,7)38-32)10-16-27(25)33(26)22-11-13-23(34-8)14-12-22/h9-18H,1H2,2-8H3. The second kappa shape index (κ2) is 8.40. The number of ether oxygens (including phenoxy) is 1. The maximum atomic E-state index is 6.38. The Morgan fingerprint density at radius 2 is 1.24 bits per heavy atom. The average molecular weight is 509 g/mol. The third kappa shape index (κ3) is 3.85. The Labute approximate surface area is 224 Å². The van der Waals surface area contributed by atoms with Crippen LogP contribution in [0.15, 0.2) is 73.0 Å². The number of hydrogen-bond donors (Lipinski definition) is 0. The van der Waals surface area contributed by atoms with Crippen LogP contribution in [0.25, 0.3) is 27.5 Å². The van der Waals surface area contributed by atoms with Crippen LogP contribution in [-0.2, 0) is 18.6 Å². The van der Waals surface area contributed by atoms with Gasteiger partial charge in [-0.25, -0.2) is 0 Å². The van der Waals surface area contributed by atoms with E-state index in [0.717, 1.165) is 44.2 Å². The number of benzene rings is 3. The van der Waals surface area contributed by atoms with Crippen molar-refractivity contribution in [2.45, 2.75) is 58.3 Å². The van der Waals surface area contributed by atoms with Gasteiger partial charge in [-0.2, -0.15) is 0 Å². The van der Waals surface area contributed by atoms with Crippen molar-refractivity contribution in [2.24, 2.45) is 0 Å². The van der Waals surface area contributed by atoms with Gasteiger partial charge in [-0.05, 0) is 88.9 Å². The highest BCUT2D eigenvalue weighted by molar-refractivity contribution is 6.63. The topological polar surface area (TPSA) is 51.1 Å². The molecule has 2 aliphatic heterocycles. The summed E-state index contributed by atoms with van der Waals surface area (Å²) in [6.45, 7) is 16.3. The molecule has 4 aromatic rings. The van der Waals surface area contributed by atoms with Crippen LogP contribution >= 0.6 is 0 Å². The molecule has 6 nitrogen and oxygen atoms in total. The summed E-state index contributed by atoms with van der Waals surface area (Å²) in [5, 5.41) is 2.19. The highest BCUT2D eigenvalue weighted by Crippen LogP contribution is 2.38. The van der Waals surface area contributed by atoms with Crippen LogP contribution in [0.3, 0.4) is 0 Å². The van der Waals surface area contributed by atoms with Crippen LogP contribution < -0.4 is 15.7 Å². The van der Waals surface area contributed by atoms with Crippen LogP contribution in [0, 0.1) is 0 Å². The Kier molecular flexibility index (Phi) is 5.55. The first-order valence-electron chi connectivity index (χ1n) is 13.0. The SMILES string of the molecule is C=C1OB(c2ccc3c(c2)c2cc(B4OC(C)(C)C(C)(C)O4)ccc2n3-c2ccc(OC)cc2)OC1(C)C. The van der Waals surface area contributed by atoms with Gasteiger partial charge in [0.2, 0.25) is 0 Å². The monoisotopic (exact) mass is 509 g/mol. The van der Waals surface area contributed by atoms with Crippen molar-refractivity contribution in [1.29, 1.82) is 0 Å².